The summed E-state index contributed by atoms with van der Waals surface area (Å²) in [7, 11) is 0. The Balaban J connectivity index is 1.95. The number of amides is 1. The third-order valence-electron chi connectivity index (χ3n) is 3.18. The molecule has 0 heterocycles. The molecule has 0 fully saturated rings. The molecule has 1 amide bonds. The van der Waals surface area contributed by atoms with Crippen molar-refractivity contribution in [3.8, 4) is 5.75 Å². The van der Waals surface area contributed by atoms with Crippen LogP contribution in [0.4, 0.5) is 4.39 Å². The minimum absolute atomic E-state index is 0.0422. The van der Waals surface area contributed by atoms with Gasteiger partial charge in [-0.2, -0.15) is 0 Å². The van der Waals surface area contributed by atoms with E-state index in [1.165, 1.54) is 24.3 Å². The van der Waals surface area contributed by atoms with Gasteiger partial charge in [-0.15, -0.1) is 0 Å². The third-order valence-corrected chi connectivity index (χ3v) is 3.18. The second-order valence-electron chi connectivity index (χ2n) is 5.47. The molecular formula is C18H20FNO3. The van der Waals surface area contributed by atoms with Crippen LogP contribution in [-0.2, 0) is 0 Å². The average Bonchev–Trinajstić information content (AvgIpc) is 2.52. The summed E-state index contributed by atoms with van der Waals surface area (Å²) in [5.74, 6) is -0.0939. The van der Waals surface area contributed by atoms with Crippen molar-refractivity contribution in [1.82, 2.24) is 5.32 Å². The molecule has 0 aromatic heterocycles. The molecule has 2 N–H and O–H groups in total. The number of nitrogens with one attached hydrogen (secondary N) is 1. The molecule has 2 aromatic carbocycles. The van der Waals surface area contributed by atoms with Gasteiger partial charge < -0.3 is 15.2 Å². The lowest BCUT2D eigenvalue weighted by molar-refractivity contribution is 0.0916. The van der Waals surface area contributed by atoms with Crippen LogP contribution in [0.2, 0.25) is 0 Å². The monoisotopic (exact) mass is 317 g/mol. The van der Waals surface area contributed by atoms with Crippen LogP contribution in [0.15, 0.2) is 48.5 Å². The minimum atomic E-state index is -0.852. The first-order valence-electron chi connectivity index (χ1n) is 7.44. The molecule has 0 spiro atoms. The van der Waals surface area contributed by atoms with E-state index in [9.17, 15) is 14.3 Å². The summed E-state index contributed by atoms with van der Waals surface area (Å²) in [5.41, 5.74) is 0.998. The largest absolute Gasteiger partial charge is 0.491 e. The van der Waals surface area contributed by atoms with Crippen LogP contribution in [-0.4, -0.2) is 23.7 Å². The predicted molar refractivity (Wildman–Crippen MR) is 85.9 cm³/mol. The minimum Gasteiger partial charge on any atom is -0.491 e. The number of hydrogen-bond donors (Lipinski definition) is 2. The van der Waals surface area contributed by atoms with E-state index < -0.39 is 11.9 Å². The number of benzene rings is 2. The van der Waals surface area contributed by atoms with Crippen LogP contribution >= 0.6 is 0 Å². The topological polar surface area (TPSA) is 58.6 Å². The van der Waals surface area contributed by atoms with Gasteiger partial charge >= 0.3 is 0 Å². The van der Waals surface area contributed by atoms with E-state index in [0.29, 0.717) is 16.9 Å². The molecule has 0 saturated carbocycles. The number of carbonyl (C=O) groups excluding carboxylic acids is 1. The van der Waals surface area contributed by atoms with Gasteiger partial charge in [0, 0.05) is 12.1 Å². The number of ether oxygens (including phenoxy) is 1. The average molecular weight is 317 g/mol. The van der Waals surface area contributed by atoms with Gasteiger partial charge in [-0.1, -0.05) is 12.1 Å². The van der Waals surface area contributed by atoms with Crippen molar-refractivity contribution < 1.29 is 19.0 Å². The van der Waals surface area contributed by atoms with Crippen molar-refractivity contribution in [3.63, 3.8) is 0 Å². The Morgan fingerprint density at radius 1 is 1.22 bits per heavy atom. The molecular weight excluding hydrogens is 297 g/mol. The zero-order chi connectivity index (χ0) is 16.8. The number of aliphatic hydroxyl groups excluding tert-OH is 1. The van der Waals surface area contributed by atoms with Crippen LogP contribution in [0, 0.1) is 5.82 Å². The number of aliphatic hydroxyl groups is 1. The SMILES string of the molecule is CC(C)Oc1cccc(C(O)CNC(=O)c2ccc(F)cc2)c1. The number of hydrogen-bond acceptors (Lipinski definition) is 3. The van der Waals surface area contributed by atoms with Crippen LogP contribution in [0.25, 0.3) is 0 Å². The summed E-state index contributed by atoms with van der Waals surface area (Å²) < 4.78 is 18.4. The van der Waals surface area contributed by atoms with Crippen molar-refractivity contribution in [2.45, 2.75) is 26.1 Å². The molecule has 122 valence electrons. The summed E-state index contributed by atoms with van der Waals surface area (Å²) in [6.07, 6.45) is -0.810. The first kappa shape index (κ1) is 17.0. The molecule has 5 heteroatoms. The summed E-state index contributed by atoms with van der Waals surface area (Å²) in [4.78, 5) is 11.9. The first-order chi connectivity index (χ1) is 11.0. The van der Waals surface area contributed by atoms with E-state index in [4.69, 9.17) is 4.74 Å². The molecule has 0 bridgehead atoms. The highest BCUT2D eigenvalue weighted by atomic mass is 19.1. The molecule has 0 aliphatic heterocycles. The molecule has 0 aliphatic rings. The van der Waals surface area contributed by atoms with E-state index in [-0.39, 0.29) is 18.6 Å². The maximum absolute atomic E-state index is 12.8. The van der Waals surface area contributed by atoms with Crippen molar-refractivity contribution in [2.75, 3.05) is 6.54 Å². The molecule has 2 aromatic rings. The highest BCUT2D eigenvalue weighted by molar-refractivity contribution is 5.94. The Labute approximate surface area is 134 Å². The molecule has 2 rings (SSSR count). The summed E-state index contributed by atoms with van der Waals surface area (Å²) in [6.45, 7) is 3.90. The Morgan fingerprint density at radius 2 is 1.91 bits per heavy atom. The maximum Gasteiger partial charge on any atom is 0.251 e. The van der Waals surface area contributed by atoms with Crippen molar-refractivity contribution in [1.29, 1.82) is 0 Å². The second kappa shape index (κ2) is 7.74. The van der Waals surface area contributed by atoms with Gasteiger partial charge in [0.2, 0.25) is 0 Å². The van der Waals surface area contributed by atoms with Crippen LogP contribution < -0.4 is 10.1 Å². The standard InChI is InChI=1S/C18H20FNO3/c1-12(2)23-16-5-3-4-14(10-16)17(21)11-20-18(22)13-6-8-15(19)9-7-13/h3-10,12,17,21H,11H2,1-2H3,(H,20,22). The number of rotatable bonds is 6. The first-order valence-corrected chi connectivity index (χ1v) is 7.44. The molecule has 0 aliphatic carbocycles. The zero-order valence-corrected chi connectivity index (χ0v) is 13.1. The van der Waals surface area contributed by atoms with Gasteiger partial charge in [0.25, 0.3) is 5.91 Å². The van der Waals surface area contributed by atoms with Gasteiger partial charge in [-0.25, -0.2) is 4.39 Å². The lowest BCUT2D eigenvalue weighted by Gasteiger charge is -2.15. The highest BCUT2D eigenvalue weighted by Gasteiger charge is 2.12. The van der Waals surface area contributed by atoms with Crippen molar-refractivity contribution >= 4 is 5.91 Å². The van der Waals surface area contributed by atoms with Crippen molar-refractivity contribution in [2.24, 2.45) is 0 Å². The Kier molecular flexibility index (Phi) is 5.71. The van der Waals surface area contributed by atoms with Crippen LogP contribution in [0.5, 0.6) is 5.75 Å². The lowest BCUT2D eigenvalue weighted by Crippen LogP contribution is -2.28. The van der Waals surface area contributed by atoms with E-state index in [0.717, 1.165) is 0 Å². The van der Waals surface area contributed by atoms with Crippen LogP contribution in [0.1, 0.15) is 35.9 Å². The summed E-state index contributed by atoms with van der Waals surface area (Å²) >= 11 is 0. The fourth-order valence-electron chi connectivity index (χ4n) is 2.08. The number of halogens is 1. The Morgan fingerprint density at radius 3 is 2.57 bits per heavy atom. The van der Waals surface area contributed by atoms with Gasteiger partial charge in [0.15, 0.2) is 0 Å². The van der Waals surface area contributed by atoms with Gasteiger partial charge in [-0.3, -0.25) is 4.79 Å². The number of carbonyl (C=O) groups is 1. The maximum atomic E-state index is 12.8. The van der Waals surface area contributed by atoms with E-state index in [1.54, 1.807) is 18.2 Å². The van der Waals surface area contributed by atoms with E-state index >= 15 is 0 Å². The zero-order valence-electron chi connectivity index (χ0n) is 13.1. The highest BCUT2D eigenvalue weighted by Crippen LogP contribution is 2.20. The molecule has 0 saturated heterocycles. The Bertz CT molecular complexity index is 656. The molecule has 4 nitrogen and oxygen atoms in total. The van der Waals surface area contributed by atoms with Gasteiger partial charge in [-0.05, 0) is 55.8 Å². The van der Waals surface area contributed by atoms with E-state index in [2.05, 4.69) is 5.32 Å². The van der Waals surface area contributed by atoms with E-state index in [1.807, 2.05) is 19.9 Å². The third kappa shape index (κ3) is 5.07. The fourth-order valence-corrected chi connectivity index (χ4v) is 2.08. The summed E-state index contributed by atoms with van der Waals surface area (Å²) in [6, 6.07) is 12.3. The van der Waals surface area contributed by atoms with Crippen molar-refractivity contribution in [3.05, 3.63) is 65.5 Å². The fraction of sp³-hybridized carbons (Fsp3) is 0.278. The second-order valence-corrected chi connectivity index (χ2v) is 5.47. The summed E-state index contributed by atoms with van der Waals surface area (Å²) in [5, 5.41) is 12.8. The smallest absolute Gasteiger partial charge is 0.251 e. The molecule has 1 atom stereocenters. The predicted octanol–water partition coefficient (Wildman–Crippen LogP) is 3.08. The molecule has 0 radical (unpaired) electrons. The molecule has 1 unspecified atom stereocenters. The normalized spacial score (nSPS) is 12.0. The molecule has 23 heavy (non-hydrogen) atoms. The Hall–Kier alpha value is -2.40. The van der Waals surface area contributed by atoms with Gasteiger partial charge in [0.05, 0.1) is 12.2 Å². The van der Waals surface area contributed by atoms with Gasteiger partial charge in [0.1, 0.15) is 11.6 Å². The lowest BCUT2D eigenvalue weighted by atomic mass is 10.1. The van der Waals surface area contributed by atoms with Crippen LogP contribution in [0.3, 0.4) is 0 Å². The quantitative estimate of drug-likeness (QED) is 0.861.